The first kappa shape index (κ1) is 16.1. The van der Waals surface area contributed by atoms with Gasteiger partial charge in [-0.2, -0.15) is 0 Å². The maximum absolute atomic E-state index is 11.8. The van der Waals surface area contributed by atoms with Crippen molar-refractivity contribution < 1.29 is 19.1 Å². The predicted octanol–water partition coefficient (Wildman–Crippen LogP) is 2.48. The van der Waals surface area contributed by atoms with Crippen LogP contribution in [0.5, 0.6) is 5.75 Å². The largest absolute Gasteiger partial charge is 0.482 e. The number of nitrogens with zero attached hydrogens (tertiary/aromatic N) is 1. The Morgan fingerprint density at radius 2 is 2.09 bits per heavy atom. The summed E-state index contributed by atoms with van der Waals surface area (Å²) in [6.07, 6.45) is 1.99. The van der Waals surface area contributed by atoms with E-state index < -0.39 is 11.6 Å². The van der Waals surface area contributed by atoms with Crippen molar-refractivity contribution in [3.05, 3.63) is 36.4 Å². The Morgan fingerprint density at radius 3 is 2.73 bits per heavy atom. The van der Waals surface area contributed by atoms with Crippen molar-refractivity contribution in [2.45, 2.75) is 32.8 Å². The van der Waals surface area contributed by atoms with Crippen molar-refractivity contribution in [3.8, 4) is 5.75 Å². The van der Waals surface area contributed by atoms with E-state index in [1.807, 2.05) is 26.8 Å². The van der Waals surface area contributed by atoms with E-state index in [2.05, 4.69) is 6.58 Å². The zero-order chi connectivity index (χ0) is 16.3. The van der Waals surface area contributed by atoms with Crippen molar-refractivity contribution in [3.63, 3.8) is 0 Å². The fraction of sp³-hybridized carbons (Fsp3) is 0.412. The van der Waals surface area contributed by atoms with Crippen LogP contribution in [-0.2, 0) is 20.7 Å². The van der Waals surface area contributed by atoms with Crippen LogP contribution in [0.4, 0.5) is 5.69 Å². The lowest BCUT2D eigenvalue weighted by molar-refractivity contribution is -0.157. The molecule has 22 heavy (non-hydrogen) atoms. The van der Waals surface area contributed by atoms with Crippen LogP contribution in [0, 0.1) is 0 Å². The maximum Gasteiger partial charge on any atom is 0.344 e. The minimum absolute atomic E-state index is 0.136. The Kier molecular flexibility index (Phi) is 4.54. The number of rotatable bonds is 4. The van der Waals surface area contributed by atoms with Gasteiger partial charge in [-0.3, -0.25) is 4.79 Å². The van der Waals surface area contributed by atoms with Gasteiger partial charge in [0.25, 0.3) is 0 Å². The average molecular weight is 303 g/mol. The highest BCUT2D eigenvalue weighted by molar-refractivity contribution is 6.02. The second-order valence-electron chi connectivity index (χ2n) is 6.07. The highest BCUT2D eigenvalue weighted by Gasteiger charge is 2.26. The molecule has 1 amide bonds. The van der Waals surface area contributed by atoms with Gasteiger partial charge in [0.1, 0.15) is 11.4 Å². The van der Waals surface area contributed by atoms with Crippen LogP contribution in [0.15, 0.2) is 30.9 Å². The molecule has 0 aliphatic carbocycles. The van der Waals surface area contributed by atoms with Crippen molar-refractivity contribution in [1.82, 2.24) is 0 Å². The summed E-state index contributed by atoms with van der Waals surface area (Å²) in [6, 6.07) is 5.47. The Bertz CT molecular complexity index is 601. The van der Waals surface area contributed by atoms with Gasteiger partial charge in [-0.15, -0.1) is 0 Å². The van der Waals surface area contributed by atoms with Crippen LogP contribution in [0.1, 0.15) is 26.3 Å². The molecule has 0 aromatic heterocycles. The van der Waals surface area contributed by atoms with Crippen LogP contribution in [0.3, 0.4) is 0 Å². The molecule has 0 unspecified atom stereocenters. The molecular weight excluding hydrogens is 282 g/mol. The van der Waals surface area contributed by atoms with Gasteiger partial charge >= 0.3 is 5.97 Å². The second kappa shape index (κ2) is 6.22. The SMILES string of the molecule is C=CC(=O)N1CCc2c(OCC(=O)OC(C)(C)C)cccc21. The number of fused-ring (bicyclic) bond motifs is 1. The van der Waals surface area contributed by atoms with Crippen LogP contribution >= 0.6 is 0 Å². The Morgan fingerprint density at radius 1 is 1.36 bits per heavy atom. The zero-order valence-corrected chi connectivity index (χ0v) is 13.2. The van der Waals surface area contributed by atoms with E-state index >= 15 is 0 Å². The van der Waals surface area contributed by atoms with Gasteiger partial charge in [0.2, 0.25) is 5.91 Å². The highest BCUT2D eigenvalue weighted by atomic mass is 16.6. The van der Waals surface area contributed by atoms with E-state index in [0.717, 1.165) is 11.3 Å². The fourth-order valence-electron chi connectivity index (χ4n) is 2.38. The average Bonchev–Trinajstić information content (AvgIpc) is 2.86. The summed E-state index contributed by atoms with van der Waals surface area (Å²) in [6.45, 7) is 9.38. The van der Waals surface area contributed by atoms with Crippen LogP contribution in [0.25, 0.3) is 0 Å². The molecule has 1 aromatic carbocycles. The molecule has 0 bridgehead atoms. The number of carbonyl (C=O) groups is 2. The maximum atomic E-state index is 11.8. The number of carbonyl (C=O) groups excluding carboxylic acids is 2. The summed E-state index contributed by atoms with van der Waals surface area (Å²) in [7, 11) is 0. The number of benzene rings is 1. The molecule has 5 nitrogen and oxygen atoms in total. The van der Waals surface area contributed by atoms with Gasteiger partial charge < -0.3 is 14.4 Å². The molecule has 0 saturated heterocycles. The van der Waals surface area contributed by atoms with Gasteiger partial charge in [0.15, 0.2) is 6.61 Å². The third kappa shape index (κ3) is 3.67. The number of hydrogen-bond acceptors (Lipinski definition) is 4. The number of hydrogen-bond donors (Lipinski definition) is 0. The molecule has 1 aromatic rings. The van der Waals surface area contributed by atoms with Gasteiger partial charge in [0, 0.05) is 12.1 Å². The summed E-state index contributed by atoms with van der Waals surface area (Å²) < 4.78 is 10.8. The van der Waals surface area contributed by atoms with E-state index in [-0.39, 0.29) is 12.5 Å². The van der Waals surface area contributed by atoms with Gasteiger partial charge in [-0.05, 0) is 45.4 Å². The van der Waals surface area contributed by atoms with Gasteiger partial charge in [-0.25, -0.2) is 4.79 Å². The zero-order valence-electron chi connectivity index (χ0n) is 13.2. The van der Waals surface area contributed by atoms with Crippen LogP contribution in [-0.4, -0.2) is 30.6 Å². The van der Waals surface area contributed by atoms with Gasteiger partial charge in [0.05, 0.1) is 5.69 Å². The first-order valence-electron chi connectivity index (χ1n) is 7.22. The standard InChI is InChI=1S/C17H21NO4/c1-5-15(19)18-10-9-12-13(18)7-6-8-14(12)21-11-16(20)22-17(2,3)4/h5-8H,1,9-11H2,2-4H3. The van der Waals surface area contributed by atoms with Gasteiger partial charge in [-0.1, -0.05) is 12.6 Å². The molecule has 1 aliphatic heterocycles. The smallest absolute Gasteiger partial charge is 0.344 e. The van der Waals surface area contributed by atoms with Crippen molar-refractivity contribution in [1.29, 1.82) is 0 Å². The molecule has 1 heterocycles. The van der Waals surface area contributed by atoms with Crippen molar-refractivity contribution in [2.75, 3.05) is 18.1 Å². The minimum Gasteiger partial charge on any atom is -0.482 e. The van der Waals surface area contributed by atoms with E-state index in [9.17, 15) is 9.59 Å². The third-order valence-electron chi connectivity index (χ3n) is 3.19. The van der Waals surface area contributed by atoms with Crippen molar-refractivity contribution in [2.24, 2.45) is 0 Å². The summed E-state index contributed by atoms with van der Waals surface area (Å²) in [5.41, 5.74) is 1.21. The second-order valence-corrected chi connectivity index (χ2v) is 6.07. The monoisotopic (exact) mass is 303 g/mol. The lowest BCUT2D eigenvalue weighted by Crippen LogP contribution is -2.27. The summed E-state index contributed by atoms with van der Waals surface area (Å²) in [5, 5.41) is 0. The Hall–Kier alpha value is -2.30. The summed E-state index contributed by atoms with van der Waals surface area (Å²) in [5.74, 6) is 0.0629. The molecule has 0 radical (unpaired) electrons. The third-order valence-corrected chi connectivity index (χ3v) is 3.19. The first-order chi connectivity index (χ1) is 10.3. The Balaban J connectivity index is 2.08. The molecule has 0 N–H and O–H groups in total. The lowest BCUT2D eigenvalue weighted by atomic mass is 10.1. The molecule has 2 rings (SSSR count). The molecule has 0 atom stereocenters. The molecule has 0 saturated carbocycles. The molecule has 0 fully saturated rings. The molecular formula is C17H21NO4. The molecule has 5 heteroatoms. The summed E-state index contributed by atoms with van der Waals surface area (Å²) >= 11 is 0. The number of amides is 1. The Labute approximate surface area is 130 Å². The summed E-state index contributed by atoms with van der Waals surface area (Å²) in [4.78, 5) is 25.2. The quantitative estimate of drug-likeness (QED) is 0.633. The number of ether oxygens (including phenoxy) is 2. The lowest BCUT2D eigenvalue weighted by Gasteiger charge is -2.20. The van der Waals surface area contributed by atoms with E-state index in [4.69, 9.17) is 9.47 Å². The highest BCUT2D eigenvalue weighted by Crippen LogP contribution is 2.35. The first-order valence-corrected chi connectivity index (χ1v) is 7.22. The number of esters is 1. The van der Waals surface area contributed by atoms with E-state index in [1.54, 1.807) is 17.0 Å². The van der Waals surface area contributed by atoms with E-state index in [1.165, 1.54) is 6.08 Å². The predicted molar refractivity (Wildman–Crippen MR) is 84.0 cm³/mol. The topological polar surface area (TPSA) is 55.8 Å². The fourth-order valence-corrected chi connectivity index (χ4v) is 2.38. The van der Waals surface area contributed by atoms with Crippen LogP contribution < -0.4 is 9.64 Å². The normalized spacial score (nSPS) is 13.5. The number of anilines is 1. The molecule has 118 valence electrons. The van der Waals surface area contributed by atoms with Crippen LogP contribution in [0.2, 0.25) is 0 Å². The van der Waals surface area contributed by atoms with Crippen molar-refractivity contribution >= 4 is 17.6 Å². The van der Waals surface area contributed by atoms with E-state index in [0.29, 0.717) is 18.7 Å². The molecule has 0 spiro atoms. The minimum atomic E-state index is -0.535. The molecule has 1 aliphatic rings.